The highest BCUT2D eigenvalue weighted by Crippen LogP contribution is 2.25. The smallest absolute Gasteiger partial charge is 0.251 e. The normalized spacial score (nSPS) is 26.0. The summed E-state index contributed by atoms with van der Waals surface area (Å²) in [6.45, 7) is 4.00. The molecule has 0 spiro atoms. The highest BCUT2D eigenvalue weighted by atomic mass is 16.5. The van der Waals surface area contributed by atoms with E-state index in [1.807, 2.05) is 36.4 Å². The van der Waals surface area contributed by atoms with Crippen molar-refractivity contribution >= 4 is 11.6 Å². The maximum atomic E-state index is 13.0. The zero-order valence-corrected chi connectivity index (χ0v) is 19.1. The molecule has 176 valence electrons. The maximum absolute atomic E-state index is 13.0. The Morgan fingerprint density at radius 3 is 2.85 bits per heavy atom. The Morgan fingerprint density at radius 1 is 1.12 bits per heavy atom. The Morgan fingerprint density at radius 2 is 1.97 bits per heavy atom. The van der Waals surface area contributed by atoms with Crippen LogP contribution in [0.25, 0.3) is 0 Å². The molecule has 0 aliphatic carbocycles. The fourth-order valence-corrected chi connectivity index (χ4v) is 5.11. The Bertz CT molecular complexity index is 963. The molecule has 2 saturated heterocycles. The van der Waals surface area contributed by atoms with Crippen LogP contribution < -0.4 is 26.8 Å². The molecule has 3 atom stereocenters. The van der Waals surface area contributed by atoms with Crippen molar-refractivity contribution in [3.8, 4) is 0 Å². The molecule has 0 saturated carbocycles. The third kappa shape index (κ3) is 5.05. The van der Waals surface area contributed by atoms with E-state index < -0.39 is 0 Å². The van der Waals surface area contributed by atoms with Gasteiger partial charge >= 0.3 is 0 Å². The number of carbonyl (C=O) groups is 1. The van der Waals surface area contributed by atoms with Crippen molar-refractivity contribution in [2.75, 3.05) is 38.6 Å². The summed E-state index contributed by atoms with van der Waals surface area (Å²) in [7, 11) is 2.17. The first-order valence-corrected chi connectivity index (χ1v) is 11.9. The number of fused-ring (bicyclic) bond motifs is 1. The summed E-state index contributed by atoms with van der Waals surface area (Å²) in [6.07, 6.45) is 2.91. The van der Waals surface area contributed by atoms with Crippen LogP contribution >= 0.6 is 0 Å². The fraction of sp³-hybridized carbons (Fsp3) is 0.480. The fourth-order valence-electron chi connectivity index (χ4n) is 5.11. The van der Waals surface area contributed by atoms with Gasteiger partial charge in [0, 0.05) is 17.8 Å². The average Bonchev–Trinajstić information content (AvgIpc) is 3.24. The van der Waals surface area contributed by atoms with Crippen molar-refractivity contribution in [1.82, 2.24) is 26.4 Å². The molecule has 2 fully saturated rings. The number of likely N-dealkylation sites (N-methyl/N-ethyl adjacent to an activating group) is 1. The van der Waals surface area contributed by atoms with Gasteiger partial charge in [0.1, 0.15) is 0 Å². The number of hydrazine groups is 1. The minimum atomic E-state index is -0.131. The van der Waals surface area contributed by atoms with Crippen LogP contribution in [0.2, 0.25) is 0 Å². The maximum Gasteiger partial charge on any atom is 0.251 e. The summed E-state index contributed by atoms with van der Waals surface area (Å²) in [6, 6.07) is 15.7. The van der Waals surface area contributed by atoms with E-state index in [1.54, 1.807) is 0 Å². The standard InChI is InChI=1S/C25H34N6O2/c1-31-23(29-30-24(31)17-9-11-26-12-10-17)14-27-20-7-4-6-18(13-20)25(32)28-22-16-33-15-19-5-2-3-8-21(19)22/h2-8,13,17,22-24,26-27,29-30H,9-12,14-16H2,1H3,(H,28,32)/t22-,23?,24?/m0/s1. The van der Waals surface area contributed by atoms with Crippen LogP contribution in [0.3, 0.4) is 0 Å². The van der Waals surface area contributed by atoms with Gasteiger partial charge in [-0.2, -0.15) is 0 Å². The molecule has 3 heterocycles. The topological polar surface area (TPSA) is 89.7 Å². The van der Waals surface area contributed by atoms with Crippen molar-refractivity contribution in [2.24, 2.45) is 5.92 Å². The molecule has 8 nitrogen and oxygen atoms in total. The number of rotatable bonds is 6. The Balaban J connectivity index is 1.17. The number of anilines is 1. The molecule has 2 aromatic rings. The van der Waals surface area contributed by atoms with Gasteiger partial charge in [-0.1, -0.05) is 30.3 Å². The van der Waals surface area contributed by atoms with Gasteiger partial charge in [0.2, 0.25) is 0 Å². The lowest BCUT2D eigenvalue weighted by atomic mass is 9.94. The predicted molar refractivity (Wildman–Crippen MR) is 128 cm³/mol. The monoisotopic (exact) mass is 450 g/mol. The second-order valence-electron chi connectivity index (χ2n) is 9.20. The van der Waals surface area contributed by atoms with Gasteiger partial charge in [-0.05, 0) is 68.2 Å². The van der Waals surface area contributed by atoms with E-state index in [-0.39, 0.29) is 18.1 Å². The molecular weight excluding hydrogens is 416 g/mol. The van der Waals surface area contributed by atoms with Crippen LogP contribution in [0, 0.1) is 5.92 Å². The molecule has 0 bridgehead atoms. The molecular formula is C25H34N6O2. The number of nitrogens with zero attached hydrogens (tertiary/aromatic N) is 1. The van der Waals surface area contributed by atoms with E-state index in [0.29, 0.717) is 30.9 Å². The largest absolute Gasteiger partial charge is 0.382 e. The van der Waals surface area contributed by atoms with Crippen molar-refractivity contribution in [3.05, 3.63) is 65.2 Å². The number of carbonyl (C=O) groups excluding carboxylic acids is 1. The van der Waals surface area contributed by atoms with Crippen LogP contribution in [0.1, 0.15) is 40.4 Å². The van der Waals surface area contributed by atoms with Gasteiger partial charge in [-0.25, -0.2) is 10.9 Å². The molecule has 33 heavy (non-hydrogen) atoms. The lowest BCUT2D eigenvalue weighted by Gasteiger charge is -2.32. The highest BCUT2D eigenvalue weighted by Gasteiger charge is 2.35. The van der Waals surface area contributed by atoms with Crippen LogP contribution in [0.4, 0.5) is 5.69 Å². The Hall–Kier alpha value is -2.49. The van der Waals surface area contributed by atoms with Gasteiger partial charge < -0.3 is 20.7 Å². The van der Waals surface area contributed by atoms with Crippen LogP contribution in [0.15, 0.2) is 48.5 Å². The zero-order chi connectivity index (χ0) is 22.6. The third-order valence-electron chi connectivity index (χ3n) is 7.06. The lowest BCUT2D eigenvalue weighted by Crippen LogP contribution is -2.46. The number of piperidine rings is 1. The molecule has 5 rings (SSSR count). The van der Waals surface area contributed by atoms with E-state index in [0.717, 1.165) is 36.4 Å². The number of amides is 1. The van der Waals surface area contributed by atoms with E-state index in [2.05, 4.69) is 50.9 Å². The SMILES string of the molecule is CN1C(CNc2cccc(C(=O)N[C@H]3COCc4ccccc43)c2)NNC1C1CCNCC1. The average molecular weight is 451 g/mol. The lowest BCUT2D eigenvalue weighted by molar-refractivity contribution is 0.0708. The second kappa shape index (κ2) is 10.2. The number of nitrogens with one attached hydrogen (secondary N) is 5. The van der Waals surface area contributed by atoms with Gasteiger partial charge in [0.15, 0.2) is 0 Å². The first-order valence-electron chi connectivity index (χ1n) is 11.9. The van der Waals surface area contributed by atoms with Crippen LogP contribution in [0.5, 0.6) is 0 Å². The van der Waals surface area contributed by atoms with E-state index in [4.69, 9.17) is 4.74 Å². The zero-order valence-electron chi connectivity index (χ0n) is 19.1. The summed E-state index contributed by atoms with van der Waals surface area (Å²) >= 11 is 0. The summed E-state index contributed by atoms with van der Waals surface area (Å²) in [5.41, 5.74) is 10.7. The summed E-state index contributed by atoms with van der Waals surface area (Å²) in [5, 5.41) is 10.1. The van der Waals surface area contributed by atoms with Gasteiger partial charge in [-0.15, -0.1) is 0 Å². The van der Waals surface area contributed by atoms with Crippen molar-refractivity contribution in [2.45, 2.75) is 37.8 Å². The summed E-state index contributed by atoms with van der Waals surface area (Å²) in [4.78, 5) is 15.4. The molecule has 3 aliphatic rings. The minimum absolute atomic E-state index is 0.0901. The summed E-state index contributed by atoms with van der Waals surface area (Å²) in [5.74, 6) is 0.558. The highest BCUT2D eigenvalue weighted by molar-refractivity contribution is 5.95. The van der Waals surface area contributed by atoms with Crippen LogP contribution in [-0.2, 0) is 11.3 Å². The van der Waals surface area contributed by atoms with Gasteiger partial charge in [0.25, 0.3) is 5.91 Å². The Kier molecular flexibility index (Phi) is 6.89. The molecule has 5 N–H and O–H groups in total. The van der Waals surface area contributed by atoms with E-state index >= 15 is 0 Å². The van der Waals surface area contributed by atoms with Crippen LogP contribution in [-0.4, -0.2) is 56.4 Å². The summed E-state index contributed by atoms with van der Waals surface area (Å²) < 4.78 is 5.68. The molecule has 0 aromatic heterocycles. The van der Waals surface area contributed by atoms with Crippen molar-refractivity contribution in [3.63, 3.8) is 0 Å². The quantitative estimate of drug-likeness (QED) is 0.459. The minimum Gasteiger partial charge on any atom is -0.382 e. The molecule has 0 radical (unpaired) electrons. The predicted octanol–water partition coefficient (Wildman–Crippen LogP) is 1.79. The van der Waals surface area contributed by atoms with Crippen molar-refractivity contribution < 1.29 is 9.53 Å². The number of benzene rings is 2. The van der Waals surface area contributed by atoms with Gasteiger partial charge in [0.05, 0.1) is 31.6 Å². The second-order valence-corrected chi connectivity index (χ2v) is 9.20. The Labute approximate surface area is 195 Å². The molecule has 2 unspecified atom stereocenters. The number of hydrogen-bond donors (Lipinski definition) is 5. The van der Waals surface area contributed by atoms with Gasteiger partial charge in [-0.3, -0.25) is 9.69 Å². The van der Waals surface area contributed by atoms with E-state index in [1.165, 1.54) is 12.8 Å². The molecule has 8 heteroatoms. The molecule has 3 aliphatic heterocycles. The number of hydrogen-bond acceptors (Lipinski definition) is 7. The number of ether oxygens (including phenoxy) is 1. The van der Waals surface area contributed by atoms with E-state index in [9.17, 15) is 4.79 Å². The third-order valence-corrected chi connectivity index (χ3v) is 7.06. The molecule has 1 amide bonds. The molecule has 2 aromatic carbocycles. The van der Waals surface area contributed by atoms with Crippen molar-refractivity contribution in [1.29, 1.82) is 0 Å². The first-order chi connectivity index (χ1) is 16.2. The first kappa shape index (κ1) is 22.3.